The van der Waals surface area contributed by atoms with Gasteiger partial charge >= 0.3 is 0 Å². The number of carbonyl (C=O) groups is 1. The lowest BCUT2D eigenvalue weighted by Crippen LogP contribution is -2.43. The zero-order valence-electron chi connectivity index (χ0n) is 13.8. The maximum absolute atomic E-state index is 12.4. The number of nitrogens with one attached hydrogen (secondary N) is 1. The summed E-state index contributed by atoms with van der Waals surface area (Å²) in [4.78, 5) is 28.6. The van der Waals surface area contributed by atoms with Crippen LogP contribution in [0.5, 0.6) is 0 Å². The Bertz CT molecular complexity index is 726. The molecule has 0 bridgehead atoms. The predicted octanol–water partition coefficient (Wildman–Crippen LogP) is 2.64. The third kappa shape index (κ3) is 4.53. The average Bonchev–Trinajstić information content (AvgIpc) is 2.63. The molecule has 1 amide bonds. The lowest BCUT2D eigenvalue weighted by Gasteiger charge is -2.33. The number of nitro groups is 1. The third-order valence-corrected chi connectivity index (χ3v) is 4.38. The number of amides is 1. The van der Waals surface area contributed by atoms with Crippen LogP contribution in [0.25, 0.3) is 0 Å². The van der Waals surface area contributed by atoms with Crippen LogP contribution in [0.15, 0.2) is 48.8 Å². The molecule has 3 rings (SSSR count). The number of benzene rings is 1. The van der Waals surface area contributed by atoms with Gasteiger partial charge in [-0.3, -0.25) is 19.9 Å². The summed E-state index contributed by atoms with van der Waals surface area (Å²) >= 11 is 0. The third-order valence-electron chi connectivity index (χ3n) is 4.38. The number of nitrogens with zero attached hydrogens (tertiary/aromatic N) is 3. The second-order valence-corrected chi connectivity index (χ2v) is 6.14. The summed E-state index contributed by atoms with van der Waals surface area (Å²) in [6.45, 7) is 1.42. The molecule has 130 valence electrons. The van der Waals surface area contributed by atoms with Gasteiger partial charge in [0.15, 0.2) is 0 Å². The van der Waals surface area contributed by atoms with E-state index in [9.17, 15) is 14.9 Å². The van der Waals surface area contributed by atoms with E-state index in [1.54, 1.807) is 24.5 Å². The first-order valence-electron chi connectivity index (χ1n) is 8.29. The second-order valence-electron chi connectivity index (χ2n) is 6.14. The molecule has 1 aromatic heterocycles. The number of aromatic nitrogens is 1. The van der Waals surface area contributed by atoms with Crippen molar-refractivity contribution in [1.29, 1.82) is 0 Å². The van der Waals surface area contributed by atoms with E-state index < -0.39 is 4.92 Å². The molecule has 0 spiro atoms. The Morgan fingerprint density at radius 1 is 1.24 bits per heavy atom. The van der Waals surface area contributed by atoms with E-state index >= 15 is 0 Å². The summed E-state index contributed by atoms with van der Waals surface area (Å²) < 4.78 is 0. The molecule has 2 aromatic rings. The number of likely N-dealkylation sites (tertiary alicyclic amines) is 1. The monoisotopic (exact) mass is 340 g/mol. The minimum Gasteiger partial charge on any atom is -0.381 e. The largest absolute Gasteiger partial charge is 0.381 e. The van der Waals surface area contributed by atoms with Crippen molar-refractivity contribution in [3.8, 4) is 0 Å². The predicted molar refractivity (Wildman–Crippen MR) is 94.3 cm³/mol. The van der Waals surface area contributed by atoms with Crippen LogP contribution in [-0.4, -0.2) is 39.8 Å². The molecule has 1 fully saturated rings. The number of non-ortho nitro benzene ring substituents is 1. The highest BCUT2D eigenvalue weighted by atomic mass is 16.6. The Morgan fingerprint density at radius 2 is 1.96 bits per heavy atom. The van der Waals surface area contributed by atoms with Gasteiger partial charge in [0.25, 0.3) is 5.69 Å². The van der Waals surface area contributed by atoms with Crippen molar-refractivity contribution in [2.75, 3.05) is 18.4 Å². The summed E-state index contributed by atoms with van der Waals surface area (Å²) in [6, 6.07) is 10.4. The Hall–Kier alpha value is -2.96. The van der Waals surface area contributed by atoms with Crippen molar-refractivity contribution in [2.45, 2.75) is 25.3 Å². The number of carbonyl (C=O) groups excluding carboxylic acids is 1. The van der Waals surface area contributed by atoms with Gasteiger partial charge in [-0.05, 0) is 30.5 Å². The topological polar surface area (TPSA) is 88.4 Å². The molecule has 1 aliphatic heterocycles. The highest BCUT2D eigenvalue weighted by Crippen LogP contribution is 2.18. The quantitative estimate of drug-likeness (QED) is 0.668. The molecule has 0 unspecified atom stereocenters. The summed E-state index contributed by atoms with van der Waals surface area (Å²) in [7, 11) is 0. The van der Waals surface area contributed by atoms with Crippen LogP contribution in [-0.2, 0) is 11.2 Å². The summed E-state index contributed by atoms with van der Waals surface area (Å²) in [5.74, 6) is 0.0636. The minimum absolute atomic E-state index is 0.0403. The number of nitro benzene ring substituents is 1. The van der Waals surface area contributed by atoms with Crippen LogP contribution < -0.4 is 5.32 Å². The van der Waals surface area contributed by atoms with Crippen LogP contribution in [0.2, 0.25) is 0 Å². The van der Waals surface area contributed by atoms with Gasteiger partial charge in [0.1, 0.15) is 0 Å². The molecule has 1 aromatic carbocycles. The Kier molecular flexibility index (Phi) is 5.23. The number of pyridine rings is 1. The van der Waals surface area contributed by atoms with Gasteiger partial charge in [-0.25, -0.2) is 0 Å². The van der Waals surface area contributed by atoms with Gasteiger partial charge in [0, 0.05) is 43.7 Å². The molecule has 0 radical (unpaired) electrons. The van der Waals surface area contributed by atoms with Crippen LogP contribution in [0.1, 0.15) is 18.4 Å². The zero-order valence-corrected chi connectivity index (χ0v) is 13.8. The number of hydrogen-bond donors (Lipinski definition) is 1. The molecular formula is C18H20N4O3. The SMILES string of the molecule is O=C(Cc1ccc([N+](=O)[O-])cc1)N1CCC(Nc2cccnc2)CC1. The van der Waals surface area contributed by atoms with Crippen molar-refractivity contribution >= 4 is 17.3 Å². The summed E-state index contributed by atoms with van der Waals surface area (Å²) in [5.41, 5.74) is 1.84. The van der Waals surface area contributed by atoms with Crippen LogP contribution in [0.4, 0.5) is 11.4 Å². The molecule has 0 aliphatic carbocycles. The van der Waals surface area contributed by atoms with Crippen molar-refractivity contribution in [2.24, 2.45) is 0 Å². The summed E-state index contributed by atoms with van der Waals surface area (Å²) in [5, 5.41) is 14.1. The first-order chi connectivity index (χ1) is 12.1. The lowest BCUT2D eigenvalue weighted by molar-refractivity contribution is -0.384. The molecule has 7 nitrogen and oxygen atoms in total. The van der Waals surface area contributed by atoms with E-state index in [4.69, 9.17) is 0 Å². The Labute approximate surface area is 145 Å². The second kappa shape index (κ2) is 7.74. The fraction of sp³-hybridized carbons (Fsp3) is 0.333. The molecule has 25 heavy (non-hydrogen) atoms. The van der Waals surface area contributed by atoms with Crippen molar-refractivity contribution < 1.29 is 9.72 Å². The molecule has 0 saturated carbocycles. The van der Waals surface area contributed by atoms with Crippen molar-refractivity contribution in [3.05, 3.63) is 64.5 Å². The molecule has 0 atom stereocenters. The Morgan fingerprint density at radius 3 is 2.56 bits per heavy atom. The van der Waals surface area contributed by atoms with Gasteiger partial charge in [0.2, 0.25) is 5.91 Å². The highest BCUT2D eigenvalue weighted by Gasteiger charge is 2.22. The lowest BCUT2D eigenvalue weighted by atomic mass is 10.0. The number of hydrogen-bond acceptors (Lipinski definition) is 5. The first kappa shape index (κ1) is 16.9. The van der Waals surface area contributed by atoms with E-state index in [-0.39, 0.29) is 18.0 Å². The standard InChI is InChI=1S/C18H20N4O3/c23-18(12-14-3-5-17(6-4-14)22(24)25)21-10-7-15(8-11-21)20-16-2-1-9-19-13-16/h1-6,9,13,15,20H,7-8,10-12H2. The molecule has 1 N–H and O–H groups in total. The fourth-order valence-corrected chi connectivity index (χ4v) is 2.98. The average molecular weight is 340 g/mol. The van der Waals surface area contributed by atoms with Gasteiger partial charge in [-0.2, -0.15) is 0 Å². The normalized spacial score (nSPS) is 15.0. The van der Waals surface area contributed by atoms with E-state index in [2.05, 4.69) is 10.3 Å². The van der Waals surface area contributed by atoms with Crippen LogP contribution >= 0.6 is 0 Å². The molecular weight excluding hydrogens is 320 g/mol. The van der Waals surface area contributed by atoms with Gasteiger partial charge < -0.3 is 10.2 Å². The van der Waals surface area contributed by atoms with Crippen LogP contribution in [0, 0.1) is 10.1 Å². The molecule has 1 saturated heterocycles. The van der Waals surface area contributed by atoms with Crippen LogP contribution in [0.3, 0.4) is 0 Å². The minimum atomic E-state index is -0.439. The van der Waals surface area contributed by atoms with Gasteiger partial charge in [-0.1, -0.05) is 12.1 Å². The molecule has 1 aliphatic rings. The number of anilines is 1. The Balaban J connectivity index is 1.49. The first-order valence-corrected chi connectivity index (χ1v) is 8.29. The van der Waals surface area contributed by atoms with E-state index in [0.717, 1.165) is 24.1 Å². The van der Waals surface area contributed by atoms with Crippen molar-refractivity contribution in [3.63, 3.8) is 0 Å². The zero-order chi connectivity index (χ0) is 17.6. The van der Waals surface area contributed by atoms with E-state index in [1.165, 1.54) is 12.1 Å². The van der Waals surface area contributed by atoms with Gasteiger partial charge in [0.05, 0.1) is 17.0 Å². The maximum atomic E-state index is 12.4. The van der Waals surface area contributed by atoms with E-state index in [0.29, 0.717) is 19.1 Å². The summed E-state index contributed by atoms with van der Waals surface area (Å²) in [6.07, 6.45) is 5.59. The van der Waals surface area contributed by atoms with Gasteiger partial charge in [-0.15, -0.1) is 0 Å². The fourth-order valence-electron chi connectivity index (χ4n) is 2.98. The molecule has 7 heteroatoms. The molecule has 2 heterocycles. The highest BCUT2D eigenvalue weighted by molar-refractivity contribution is 5.79. The number of rotatable bonds is 5. The van der Waals surface area contributed by atoms with E-state index in [1.807, 2.05) is 17.0 Å². The maximum Gasteiger partial charge on any atom is 0.269 e. The smallest absolute Gasteiger partial charge is 0.269 e. The number of piperidine rings is 1. The van der Waals surface area contributed by atoms with Crippen molar-refractivity contribution in [1.82, 2.24) is 9.88 Å².